The Bertz CT molecular complexity index is 642. The fraction of sp³-hybridized carbons (Fsp3) is 0.529. The number of hydrogen-bond donors (Lipinski definition) is 3. The number of fused-ring (bicyclic) bond motifs is 1. The minimum Gasteiger partial charge on any atom is -0.497 e. The van der Waals surface area contributed by atoms with E-state index in [1.165, 1.54) is 25.3 Å². The molecule has 3 N–H and O–H groups in total. The van der Waals surface area contributed by atoms with Crippen LogP contribution in [0.3, 0.4) is 0 Å². The molecule has 1 aliphatic heterocycles. The van der Waals surface area contributed by atoms with E-state index in [2.05, 4.69) is 0 Å². The summed E-state index contributed by atoms with van der Waals surface area (Å²) >= 11 is 0. The summed E-state index contributed by atoms with van der Waals surface area (Å²) in [6.07, 6.45) is -0.518. The van der Waals surface area contributed by atoms with Crippen molar-refractivity contribution in [1.29, 1.82) is 0 Å². The molecule has 0 aromatic heterocycles. The molecule has 3 rings (SSSR count). The number of aliphatic hydroxyl groups excluding tert-OH is 2. The molecule has 0 radical (unpaired) electrons. The largest absolute Gasteiger partial charge is 0.497 e. The smallest absolute Gasteiger partial charge is 0.335 e. The third kappa shape index (κ3) is 3.09. The summed E-state index contributed by atoms with van der Waals surface area (Å²) in [5.41, 5.74) is 0.270. The number of nitrogens with zero attached hydrogens (tertiary/aromatic N) is 1. The Morgan fingerprint density at radius 1 is 1.04 bits per heavy atom. The quantitative estimate of drug-likeness (QED) is 0.746. The molecule has 7 nitrogen and oxygen atoms in total. The van der Waals surface area contributed by atoms with E-state index in [1.807, 2.05) is 0 Å². The van der Waals surface area contributed by atoms with Gasteiger partial charge in [-0.15, -0.1) is 0 Å². The molecule has 1 aliphatic carbocycles. The van der Waals surface area contributed by atoms with Crippen LogP contribution in [0.1, 0.15) is 33.6 Å². The number of benzene rings is 1. The summed E-state index contributed by atoms with van der Waals surface area (Å²) in [7, 11) is 1.42. The number of carbonyl (C=O) groups excluding carboxylic acids is 1. The molecule has 7 heteroatoms. The zero-order valence-electron chi connectivity index (χ0n) is 13.4. The highest BCUT2D eigenvalue weighted by molar-refractivity contribution is 5.98. The second-order valence-corrected chi connectivity index (χ2v) is 6.59. The molecule has 130 valence electrons. The number of likely N-dealkylation sites (tertiary alicyclic amines) is 1. The SMILES string of the molecule is COc1cc(C(=O)O)cc(C(=O)N2CC3CC(O)C(O)CC3C2)c1. The number of carboxylic acids is 1. The van der Waals surface area contributed by atoms with Crippen molar-refractivity contribution in [3.63, 3.8) is 0 Å². The van der Waals surface area contributed by atoms with E-state index in [-0.39, 0.29) is 28.9 Å². The van der Waals surface area contributed by atoms with Gasteiger partial charge in [0.2, 0.25) is 0 Å². The van der Waals surface area contributed by atoms with Gasteiger partial charge in [-0.3, -0.25) is 4.79 Å². The summed E-state index contributed by atoms with van der Waals surface area (Å²) in [6, 6.07) is 4.24. The predicted octanol–water partition coefficient (Wildman–Crippen LogP) is 0.597. The van der Waals surface area contributed by atoms with Gasteiger partial charge in [-0.1, -0.05) is 0 Å². The lowest BCUT2D eigenvalue weighted by Crippen LogP contribution is -2.38. The Morgan fingerprint density at radius 2 is 1.58 bits per heavy atom. The van der Waals surface area contributed by atoms with Gasteiger partial charge in [0.05, 0.1) is 24.9 Å². The van der Waals surface area contributed by atoms with Crippen LogP contribution in [0.4, 0.5) is 0 Å². The van der Waals surface area contributed by atoms with E-state index in [1.54, 1.807) is 4.90 Å². The molecule has 2 fully saturated rings. The van der Waals surface area contributed by atoms with Crippen molar-refractivity contribution in [2.24, 2.45) is 11.8 Å². The van der Waals surface area contributed by atoms with Gasteiger partial charge >= 0.3 is 5.97 Å². The van der Waals surface area contributed by atoms with E-state index in [0.29, 0.717) is 31.7 Å². The minimum atomic E-state index is -1.12. The first kappa shape index (κ1) is 16.7. The standard InChI is InChI=1S/C17H21NO6/c1-24-13-3-9(2-10(4-13)17(22)23)16(21)18-7-11-5-14(19)15(20)6-12(11)8-18/h2-4,11-12,14-15,19-20H,5-8H2,1H3,(H,22,23). The van der Waals surface area contributed by atoms with Gasteiger partial charge in [0, 0.05) is 18.7 Å². The number of ether oxygens (including phenoxy) is 1. The van der Waals surface area contributed by atoms with Crippen LogP contribution in [-0.2, 0) is 0 Å². The summed E-state index contributed by atoms with van der Waals surface area (Å²) in [5.74, 6) is -0.728. The Balaban J connectivity index is 1.80. The molecule has 4 unspecified atom stereocenters. The Labute approximate surface area is 139 Å². The number of aromatic carboxylic acids is 1. The molecule has 0 spiro atoms. The first-order valence-corrected chi connectivity index (χ1v) is 7.96. The van der Waals surface area contributed by atoms with Gasteiger partial charge in [0.1, 0.15) is 5.75 Å². The van der Waals surface area contributed by atoms with E-state index < -0.39 is 18.2 Å². The zero-order valence-corrected chi connectivity index (χ0v) is 13.4. The maximum absolute atomic E-state index is 12.7. The van der Waals surface area contributed by atoms with Crippen molar-refractivity contribution in [3.05, 3.63) is 29.3 Å². The van der Waals surface area contributed by atoms with Crippen molar-refractivity contribution < 1.29 is 29.6 Å². The Hall–Kier alpha value is -2.12. The van der Waals surface area contributed by atoms with Crippen LogP contribution in [0.5, 0.6) is 5.75 Å². The average molecular weight is 335 g/mol. The van der Waals surface area contributed by atoms with Crippen LogP contribution >= 0.6 is 0 Å². The van der Waals surface area contributed by atoms with Gasteiger partial charge in [0.15, 0.2) is 0 Å². The van der Waals surface area contributed by atoms with Gasteiger partial charge in [0.25, 0.3) is 5.91 Å². The molecule has 2 aliphatic rings. The molecule has 1 aromatic rings. The zero-order chi connectivity index (χ0) is 17.4. The van der Waals surface area contributed by atoms with Crippen molar-refractivity contribution in [2.75, 3.05) is 20.2 Å². The van der Waals surface area contributed by atoms with Crippen LogP contribution in [0.2, 0.25) is 0 Å². The van der Waals surface area contributed by atoms with Crippen LogP contribution < -0.4 is 4.74 Å². The maximum atomic E-state index is 12.7. The van der Waals surface area contributed by atoms with Gasteiger partial charge in [-0.2, -0.15) is 0 Å². The normalized spacial score (nSPS) is 29.2. The number of hydrogen-bond acceptors (Lipinski definition) is 5. The van der Waals surface area contributed by atoms with Crippen molar-refractivity contribution in [1.82, 2.24) is 4.90 Å². The van der Waals surface area contributed by atoms with Crippen LogP contribution in [0, 0.1) is 11.8 Å². The van der Waals surface area contributed by atoms with E-state index >= 15 is 0 Å². The number of carbonyl (C=O) groups is 2. The number of rotatable bonds is 3. The molecular formula is C17H21NO6. The first-order valence-electron chi connectivity index (χ1n) is 7.96. The molecule has 1 saturated carbocycles. The highest BCUT2D eigenvalue weighted by Crippen LogP contribution is 2.37. The van der Waals surface area contributed by atoms with E-state index in [0.717, 1.165) is 0 Å². The summed E-state index contributed by atoms with van der Waals surface area (Å²) in [6.45, 7) is 1.01. The van der Waals surface area contributed by atoms with Crippen molar-refractivity contribution in [3.8, 4) is 5.75 Å². The van der Waals surface area contributed by atoms with E-state index in [4.69, 9.17) is 9.84 Å². The number of aliphatic hydroxyl groups is 2. The first-order chi connectivity index (χ1) is 11.4. The predicted molar refractivity (Wildman–Crippen MR) is 84.1 cm³/mol. The van der Waals surface area contributed by atoms with Crippen molar-refractivity contribution in [2.45, 2.75) is 25.0 Å². The molecule has 1 saturated heterocycles. The third-order valence-electron chi connectivity index (χ3n) is 5.03. The number of methoxy groups -OCH3 is 1. The molecule has 0 bridgehead atoms. The average Bonchev–Trinajstić information content (AvgIpc) is 2.96. The van der Waals surface area contributed by atoms with E-state index in [9.17, 15) is 19.8 Å². The highest BCUT2D eigenvalue weighted by atomic mass is 16.5. The van der Waals surface area contributed by atoms with Crippen molar-refractivity contribution >= 4 is 11.9 Å². The van der Waals surface area contributed by atoms with Gasteiger partial charge in [-0.25, -0.2) is 4.79 Å². The summed E-state index contributed by atoms with van der Waals surface area (Å²) in [5, 5.41) is 28.8. The van der Waals surface area contributed by atoms with Gasteiger partial charge in [-0.05, 0) is 42.9 Å². The number of carboxylic acid groups (broad SMARTS) is 1. The molecular weight excluding hydrogens is 314 g/mol. The molecule has 1 heterocycles. The fourth-order valence-corrected chi connectivity index (χ4v) is 3.72. The molecule has 1 amide bonds. The lowest BCUT2D eigenvalue weighted by Gasteiger charge is -2.31. The summed E-state index contributed by atoms with van der Waals surface area (Å²) in [4.78, 5) is 25.6. The Kier molecular flexibility index (Phi) is 4.47. The molecule has 1 aromatic carbocycles. The lowest BCUT2D eigenvalue weighted by atomic mass is 9.79. The summed E-state index contributed by atoms with van der Waals surface area (Å²) < 4.78 is 5.08. The van der Waals surface area contributed by atoms with Crippen LogP contribution in [0.25, 0.3) is 0 Å². The second-order valence-electron chi connectivity index (χ2n) is 6.59. The second kappa shape index (κ2) is 6.41. The fourth-order valence-electron chi connectivity index (χ4n) is 3.72. The number of amides is 1. The Morgan fingerprint density at radius 3 is 2.08 bits per heavy atom. The lowest BCUT2D eigenvalue weighted by molar-refractivity contribution is -0.0372. The van der Waals surface area contributed by atoms with Gasteiger partial charge < -0.3 is 25.0 Å². The maximum Gasteiger partial charge on any atom is 0.335 e. The third-order valence-corrected chi connectivity index (χ3v) is 5.03. The molecule has 24 heavy (non-hydrogen) atoms. The highest BCUT2D eigenvalue weighted by Gasteiger charge is 2.42. The molecule has 4 atom stereocenters. The monoisotopic (exact) mass is 335 g/mol. The van der Waals surface area contributed by atoms with Crippen LogP contribution in [-0.4, -0.2) is 64.5 Å². The topological polar surface area (TPSA) is 107 Å². The minimum absolute atomic E-state index is 0.000146. The van der Waals surface area contributed by atoms with Crippen LogP contribution in [0.15, 0.2) is 18.2 Å².